The van der Waals surface area contributed by atoms with Crippen LogP contribution >= 0.6 is 0 Å². The molecule has 2 heterocycles. The largest absolute Gasteiger partial charge is 0.391 e. The fourth-order valence-corrected chi connectivity index (χ4v) is 1.73. The molecule has 0 radical (unpaired) electrons. The van der Waals surface area contributed by atoms with Crippen molar-refractivity contribution in [2.45, 2.75) is 19.1 Å². The highest BCUT2D eigenvalue weighted by atomic mass is 16.3. The maximum atomic E-state index is 11.9. The van der Waals surface area contributed by atoms with E-state index in [1.54, 1.807) is 15.8 Å². The summed E-state index contributed by atoms with van der Waals surface area (Å²) in [5, 5.41) is 16.9. The van der Waals surface area contributed by atoms with Gasteiger partial charge in [-0.3, -0.25) is 9.48 Å². The van der Waals surface area contributed by atoms with Crippen molar-refractivity contribution in [3.63, 3.8) is 0 Å². The zero-order valence-electron chi connectivity index (χ0n) is 8.91. The van der Waals surface area contributed by atoms with Crippen molar-refractivity contribution >= 4 is 5.91 Å². The van der Waals surface area contributed by atoms with E-state index in [2.05, 4.69) is 10.3 Å². The van der Waals surface area contributed by atoms with Gasteiger partial charge in [0, 0.05) is 19.6 Å². The Morgan fingerprint density at radius 1 is 1.69 bits per heavy atom. The maximum Gasteiger partial charge on any atom is 0.276 e. The molecule has 1 aliphatic rings. The molecule has 0 spiro atoms. The van der Waals surface area contributed by atoms with Gasteiger partial charge in [0.25, 0.3) is 5.91 Å². The highest BCUT2D eigenvalue weighted by molar-refractivity contribution is 5.92. The van der Waals surface area contributed by atoms with E-state index in [4.69, 9.17) is 5.73 Å². The van der Waals surface area contributed by atoms with Crippen LogP contribution in [0.25, 0.3) is 0 Å². The minimum absolute atomic E-state index is 0.181. The van der Waals surface area contributed by atoms with Crippen LogP contribution in [0, 0.1) is 0 Å². The molecular weight excluding hydrogens is 210 g/mol. The van der Waals surface area contributed by atoms with Crippen molar-refractivity contribution in [3.05, 3.63) is 11.9 Å². The van der Waals surface area contributed by atoms with Crippen molar-refractivity contribution in [1.82, 2.24) is 19.9 Å². The molecule has 0 bridgehead atoms. The second kappa shape index (κ2) is 4.58. The Kier molecular flexibility index (Phi) is 3.16. The molecule has 7 heteroatoms. The Morgan fingerprint density at radius 3 is 3.12 bits per heavy atom. The Hall–Kier alpha value is -1.47. The monoisotopic (exact) mass is 225 g/mol. The van der Waals surface area contributed by atoms with E-state index >= 15 is 0 Å². The summed E-state index contributed by atoms with van der Waals surface area (Å²) in [6.07, 6.45) is 1.80. The molecule has 1 aliphatic heterocycles. The molecule has 0 aliphatic carbocycles. The number of carbonyl (C=O) groups is 1. The number of aliphatic hydroxyl groups excluding tert-OH is 1. The lowest BCUT2D eigenvalue weighted by molar-refractivity contribution is 0.0759. The topological polar surface area (TPSA) is 97.3 Å². The summed E-state index contributed by atoms with van der Waals surface area (Å²) in [4.78, 5) is 13.5. The number of carbonyl (C=O) groups excluding carboxylic acids is 1. The molecule has 7 nitrogen and oxygen atoms in total. The van der Waals surface area contributed by atoms with Crippen LogP contribution in [0.2, 0.25) is 0 Å². The normalized spacial score (nSPS) is 20.4. The number of nitrogens with two attached hydrogens (primary N) is 1. The fourth-order valence-electron chi connectivity index (χ4n) is 1.73. The molecule has 2 rings (SSSR count). The van der Waals surface area contributed by atoms with Gasteiger partial charge in [0.05, 0.1) is 18.8 Å². The average Bonchev–Trinajstić information content (AvgIpc) is 2.87. The van der Waals surface area contributed by atoms with Crippen molar-refractivity contribution < 1.29 is 9.90 Å². The van der Waals surface area contributed by atoms with Crippen molar-refractivity contribution in [2.24, 2.45) is 5.73 Å². The summed E-state index contributed by atoms with van der Waals surface area (Å²) < 4.78 is 1.54. The van der Waals surface area contributed by atoms with Gasteiger partial charge in [-0.1, -0.05) is 5.21 Å². The molecule has 0 saturated carbocycles. The summed E-state index contributed by atoms with van der Waals surface area (Å²) in [6, 6.07) is 0. The molecule has 1 amide bonds. The number of likely N-dealkylation sites (tertiary alicyclic amines) is 1. The molecule has 1 atom stereocenters. The summed E-state index contributed by atoms with van der Waals surface area (Å²) in [6.45, 7) is 1.95. The number of amides is 1. The van der Waals surface area contributed by atoms with E-state index in [9.17, 15) is 9.90 Å². The van der Waals surface area contributed by atoms with Crippen LogP contribution < -0.4 is 5.73 Å². The van der Waals surface area contributed by atoms with Gasteiger partial charge in [-0.25, -0.2) is 0 Å². The van der Waals surface area contributed by atoms with Gasteiger partial charge in [-0.2, -0.15) is 0 Å². The molecule has 16 heavy (non-hydrogen) atoms. The highest BCUT2D eigenvalue weighted by Crippen LogP contribution is 2.11. The van der Waals surface area contributed by atoms with Gasteiger partial charge in [0.2, 0.25) is 0 Å². The standard InChI is InChI=1S/C9H15N5O2/c10-2-4-14-6-8(11-12-14)9(16)13-3-1-7(15)5-13/h6-7,15H,1-5,10H2. The van der Waals surface area contributed by atoms with E-state index in [0.717, 1.165) is 0 Å². The minimum atomic E-state index is -0.414. The lowest BCUT2D eigenvalue weighted by Gasteiger charge is -2.12. The first-order chi connectivity index (χ1) is 7.70. The van der Waals surface area contributed by atoms with E-state index in [-0.39, 0.29) is 5.91 Å². The lowest BCUT2D eigenvalue weighted by Crippen LogP contribution is -2.29. The molecule has 1 unspecified atom stereocenters. The number of aromatic nitrogens is 3. The van der Waals surface area contributed by atoms with Crippen molar-refractivity contribution in [1.29, 1.82) is 0 Å². The third-order valence-electron chi connectivity index (χ3n) is 2.57. The molecule has 1 aromatic rings. The number of hydrogen-bond donors (Lipinski definition) is 2. The van der Waals surface area contributed by atoms with Crippen LogP contribution in [0.3, 0.4) is 0 Å². The summed E-state index contributed by atoms with van der Waals surface area (Å²) in [5.41, 5.74) is 5.68. The quantitative estimate of drug-likeness (QED) is 0.648. The molecule has 1 fully saturated rings. The van der Waals surface area contributed by atoms with Crippen LogP contribution in [0.1, 0.15) is 16.9 Å². The zero-order valence-corrected chi connectivity index (χ0v) is 8.91. The Bertz CT molecular complexity index is 378. The van der Waals surface area contributed by atoms with Gasteiger partial charge >= 0.3 is 0 Å². The number of rotatable bonds is 3. The first kappa shape index (κ1) is 11.0. The van der Waals surface area contributed by atoms with Crippen LogP contribution in [-0.2, 0) is 6.54 Å². The van der Waals surface area contributed by atoms with E-state index in [1.807, 2.05) is 0 Å². The average molecular weight is 225 g/mol. The first-order valence-corrected chi connectivity index (χ1v) is 5.28. The van der Waals surface area contributed by atoms with Gasteiger partial charge < -0.3 is 15.7 Å². The third-order valence-corrected chi connectivity index (χ3v) is 2.57. The first-order valence-electron chi connectivity index (χ1n) is 5.28. The second-order valence-electron chi connectivity index (χ2n) is 3.85. The minimum Gasteiger partial charge on any atom is -0.391 e. The Labute approximate surface area is 92.8 Å². The SMILES string of the molecule is NCCn1cc(C(=O)N2CCC(O)C2)nn1. The van der Waals surface area contributed by atoms with Gasteiger partial charge in [0.15, 0.2) is 5.69 Å². The smallest absolute Gasteiger partial charge is 0.276 e. The van der Waals surface area contributed by atoms with Crippen LogP contribution in [0.4, 0.5) is 0 Å². The van der Waals surface area contributed by atoms with Crippen LogP contribution in [-0.4, -0.2) is 56.6 Å². The van der Waals surface area contributed by atoms with E-state index < -0.39 is 6.10 Å². The van der Waals surface area contributed by atoms with Crippen LogP contribution in [0.5, 0.6) is 0 Å². The van der Waals surface area contributed by atoms with E-state index in [1.165, 1.54) is 0 Å². The Balaban J connectivity index is 2.03. The molecule has 0 aromatic carbocycles. The molecule has 1 saturated heterocycles. The third kappa shape index (κ3) is 2.20. The number of nitrogens with zero attached hydrogens (tertiary/aromatic N) is 4. The fraction of sp³-hybridized carbons (Fsp3) is 0.667. The highest BCUT2D eigenvalue weighted by Gasteiger charge is 2.26. The lowest BCUT2D eigenvalue weighted by atomic mass is 10.3. The van der Waals surface area contributed by atoms with Gasteiger partial charge in [0.1, 0.15) is 0 Å². The van der Waals surface area contributed by atoms with Crippen molar-refractivity contribution in [3.8, 4) is 0 Å². The van der Waals surface area contributed by atoms with Crippen LogP contribution in [0.15, 0.2) is 6.20 Å². The molecule has 3 N–H and O–H groups in total. The van der Waals surface area contributed by atoms with Gasteiger partial charge in [-0.05, 0) is 6.42 Å². The van der Waals surface area contributed by atoms with E-state index in [0.29, 0.717) is 38.3 Å². The summed E-state index contributed by atoms with van der Waals surface area (Å²) in [5.74, 6) is -0.181. The predicted molar refractivity (Wildman–Crippen MR) is 55.6 cm³/mol. The molecule has 1 aromatic heterocycles. The summed E-state index contributed by atoms with van der Waals surface area (Å²) in [7, 11) is 0. The maximum absolute atomic E-state index is 11.9. The van der Waals surface area contributed by atoms with Crippen molar-refractivity contribution in [2.75, 3.05) is 19.6 Å². The Morgan fingerprint density at radius 2 is 2.50 bits per heavy atom. The second-order valence-corrected chi connectivity index (χ2v) is 3.85. The number of aliphatic hydroxyl groups is 1. The molecular formula is C9H15N5O2. The molecule has 88 valence electrons. The number of hydrogen-bond acceptors (Lipinski definition) is 5. The van der Waals surface area contributed by atoms with Gasteiger partial charge in [-0.15, -0.1) is 5.10 Å². The summed E-state index contributed by atoms with van der Waals surface area (Å²) >= 11 is 0. The predicted octanol–water partition coefficient (Wildman–Crippen LogP) is -1.56. The number of β-amino-alcohol motifs (C(OH)–C–C–N with tert-alkyl or cyclic N) is 1. The zero-order chi connectivity index (χ0) is 11.5.